The molecule has 18 rings (SSSR count). The molecule has 4 fully saturated rings. The van der Waals surface area contributed by atoms with E-state index in [4.69, 9.17) is 26.3 Å². The first kappa shape index (κ1) is 92.9. The van der Waals surface area contributed by atoms with Crippen LogP contribution in [-0.4, -0.2) is 145 Å². The Bertz CT molecular complexity index is 4990. The van der Waals surface area contributed by atoms with E-state index in [0.29, 0.717) is 116 Å². The molecule has 8 aromatic carbocycles. The standard InChI is InChI=1S/C27H33N3O3.C16H22N2O3.C11H11NO3.C11H13NO.2C11H12O.C10H10O.N3.Na/c1-19-14-23(31)16-21-5-6-22(17-24(19)21)28-27(32)25-15-20(18-29-10-12-33-13-11-29)4-7-26(25)30-8-2-3-9-30;19-16(20)14-11-13(12-17-7-9-21-10-8-17)3-4-15(14)18-5-1-2-6-18;1-7-4-10(13)5-8-2-3-9(12(14)15)6-11(7)8;1-7-4-10(13)5-8-2-3-9(12)6-11(7)8;2*1-8-6-10(12)7-9-4-2-3-5-11(8)9;1-7-6-10(11)9-5-3-2-4-8(7)9;1-3-2;/h4-7,15,17,19H,2-3,8-14,16,18H2,1H3,(H,28,32);3-4,11H,1-2,5-10,12H2,(H,19,20);2-3,6-7H,4-5H2,1H3;2-3,6-7H,4-5,12H2,1H3;2*2-5,8H,6-7H2,1H3;2-5,7H,6H2,1H3;;/q;;;;;;;-1;+1. The maximum atomic E-state index is 13.5. The average molecular weight is 1650 g/mol. The van der Waals surface area contributed by atoms with Gasteiger partial charge >= 0.3 is 35.5 Å². The molecule has 1 amide bonds. The number of aromatic carboxylic acids is 1. The Kier molecular flexibility index (Phi) is 34.6. The summed E-state index contributed by atoms with van der Waals surface area (Å²) in [7, 11) is 0. The van der Waals surface area contributed by atoms with Crippen LogP contribution in [0.15, 0.2) is 164 Å². The van der Waals surface area contributed by atoms with Gasteiger partial charge in [-0.3, -0.25) is 58.4 Å². The van der Waals surface area contributed by atoms with Crippen LogP contribution in [0.5, 0.6) is 0 Å². The third-order valence-electron chi connectivity index (χ3n) is 24.1. The van der Waals surface area contributed by atoms with Crippen LogP contribution in [0.4, 0.5) is 28.4 Å². The van der Waals surface area contributed by atoms with E-state index in [-0.39, 0.29) is 58.8 Å². The Balaban J connectivity index is 0.000000153. The van der Waals surface area contributed by atoms with Crippen molar-refractivity contribution in [1.82, 2.24) is 9.80 Å². The van der Waals surface area contributed by atoms with Crippen molar-refractivity contribution in [1.29, 1.82) is 0 Å². The Morgan fingerprint density at radius 3 is 1.26 bits per heavy atom. The number of nitrogens with two attached hydrogens (primary N) is 1. The number of anilines is 4. The second-order valence-corrected chi connectivity index (χ2v) is 33.3. The van der Waals surface area contributed by atoms with Gasteiger partial charge in [-0.2, -0.15) is 0 Å². The zero-order chi connectivity index (χ0) is 85.5. The number of nitro groups is 1. The molecule has 24 heteroatoms. The largest absolute Gasteiger partial charge is 1.00 e. The minimum absolute atomic E-state index is 0. The monoisotopic (exact) mass is 1650 g/mol. The summed E-state index contributed by atoms with van der Waals surface area (Å²) in [6, 6.07) is 53.1. The maximum absolute atomic E-state index is 13.5. The third-order valence-corrected chi connectivity index (χ3v) is 24.1. The van der Waals surface area contributed by atoms with Crippen molar-refractivity contribution in [3.8, 4) is 0 Å². The predicted molar refractivity (Wildman–Crippen MR) is 469 cm³/mol. The van der Waals surface area contributed by atoms with Crippen LogP contribution in [0.3, 0.4) is 0 Å². The summed E-state index contributed by atoms with van der Waals surface area (Å²) in [5.74, 6) is 2.88. The van der Waals surface area contributed by atoms with Gasteiger partial charge in [0.15, 0.2) is 5.78 Å². The molecular formula is C97H113N10NaO13. The molecule has 0 radical (unpaired) electrons. The normalized spacial score (nSPS) is 20.4. The maximum Gasteiger partial charge on any atom is 1.00 e. The number of hydrogen-bond acceptors (Lipinski definition) is 17. The number of nitrogens with zero attached hydrogens (tertiary/aromatic N) is 8. The molecule has 4 heterocycles. The molecule has 8 aromatic rings. The molecular weight excluding hydrogens is 1540 g/mol. The molecule has 0 aromatic heterocycles. The fraction of sp³-hybridized carbons (Fsp3) is 0.423. The Hall–Kier alpha value is -10.3. The number of Topliss-reactive ketones (excluding diaryl/α,β-unsaturated/α-hetero) is 6. The Morgan fingerprint density at radius 1 is 0.455 bits per heavy atom. The van der Waals surface area contributed by atoms with Gasteiger partial charge in [0.1, 0.15) is 28.9 Å². The number of benzene rings is 8. The van der Waals surface area contributed by atoms with Crippen molar-refractivity contribution in [2.24, 2.45) is 0 Å². The van der Waals surface area contributed by atoms with Crippen LogP contribution >= 0.6 is 0 Å². The summed E-state index contributed by atoms with van der Waals surface area (Å²) < 4.78 is 10.8. The molecule has 4 saturated heterocycles. The van der Waals surface area contributed by atoms with Crippen LogP contribution < -0.4 is 50.4 Å². The van der Waals surface area contributed by atoms with E-state index in [1.807, 2.05) is 97.9 Å². The van der Waals surface area contributed by atoms with Crippen LogP contribution in [0.25, 0.3) is 16.0 Å². The molecule has 23 nitrogen and oxygen atoms in total. The number of hydrogen-bond donors (Lipinski definition) is 3. The van der Waals surface area contributed by atoms with Gasteiger partial charge in [0.05, 0.1) is 48.2 Å². The first-order chi connectivity index (χ1) is 57.8. The smallest absolute Gasteiger partial charge is 0.478 e. The van der Waals surface area contributed by atoms with Crippen LogP contribution in [-0.2, 0) is 78.6 Å². The number of ether oxygens (including phenoxy) is 2. The number of carbonyl (C=O) groups excluding carboxylic acids is 7. The third kappa shape index (κ3) is 25.9. The van der Waals surface area contributed by atoms with Crippen LogP contribution in [0, 0.1) is 10.1 Å². The van der Waals surface area contributed by atoms with Gasteiger partial charge in [-0.15, -0.1) is 0 Å². The summed E-state index contributed by atoms with van der Waals surface area (Å²) in [6.45, 7) is 24.7. The van der Waals surface area contributed by atoms with E-state index >= 15 is 0 Å². The average Bonchev–Trinajstić information content (AvgIpc) is 1.55. The Labute approximate surface area is 732 Å². The van der Waals surface area contributed by atoms with Gasteiger partial charge in [0.25, 0.3) is 11.6 Å². The van der Waals surface area contributed by atoms with Crippen LogP contribution in [0.2, 0.25) is 0 Å². The number of ketones is 6. The van der Waals surface area contributed by atoms with E-state index in [1.54, 1.807) is 12.1 Å². The van der Waals surface area contributed by atoms with Crippen molar-refractivity contribution >= 4 is 75.0 Å². The van der Waals surface area contributed by atoms with Crippen molar-refractivity contribution in [3.05, 3.63) is 279 Å². The van der Waals surface area contributed by atoms with E-state index in [2.05, 4.69) is 114 Å². The first-order valence-corrected chi connectivity index (χ1v) is 42.3. The van der Waals surface area contributed by atoms with Crippen molar-refractivity contribution in [2.45, 2.75) is 186 Å². The number of nitrogen functional groups attached to an aromatic ring is 1. The number of carbonyl (C=O) groups is 8. The summed E-state index contributed by atoms with van der Waals surface area (Å²) in [6.07, 6.45) is 11.3. The van der Waals surface area contributed by atoms with Gasteiger partial charge in [0, 0.05) is 171 Å². The molecule has 121 heavy (non-hydrogen) atoms. The predicted octanol–water partition coefficient (Wildman–Crippen LogP) is 14.8. The summed E-state index contributed by atoms with van der Waals surface area (Å²) in [4.78, 5) is 114. The SMILES string of the molecule is CC1CC(=O)Cc2ccc(N)cc21.CC1CC(=O)Cc2ccc(NC(=O)c3cc(CN4CCOCC4)ccc3N3CCCC3)cc21.CC1CC(=O)Cc2ccc([N+](=O)[O-])cc21.CC1CC(=O)Cc2ccccc21.CC1CC(=O)Cc2ccccc21.CC1CC(=O)c2ccccc21.O=C(O)c1cc(CN2CCOCC2)ccc1N1CCCC1.[N-]=[N+]=[N-].[Na+]. The second kappa shape index (κ2) is 45.0. The molecule has 0 saturated carbocycles. The number of nitrogens with one attached hydrogen (secondary N) is 1. The number of amides is 1. The van der Waals surface area contributed by atoms with Gasteiger partial charge < -0.3 is 46.5 Å². The fourth-order valence-electron chi connectivity index (χ4n) is 18.0. The molecule has 10 aliphatic rings. The Morgan fingerprint density at radius 2 is 0.818 bits per heavy atom. The molecule has 0 bridgehead atoms. The molecule has 4 aliphatic heterocycles. The molecule has 0 spiro atoms. The molecule has 4 N–H and O–H groups in total. The summed E-state index contributed by atoms with van der Waals surface area (Å²) >= 11 is 0. The van der Waals surface area contributed by atoms with Gasteiger partial charge in [0.2, 0.25) is 0 Å². The van der Waals surface area contributed by atoms with E-state index in [0.717, 1.165) is 198 Å². The number of nitro benzene ring substituents is 1. The summed E-state index contributed by atoms with van der Waals surface area (Å²) in [5.41, 5.74) is 40.0. The van der Waals surface area contributed by atoms with Crippen molar-refractivity contribution < 1.29 is 87.4 Å². The number of morpholine rings is 2. The van der Waals surface area contributed by atoms with Gasteiger partial charge in [-0.1, -0.05) is 145 Å². The number of fused-ring (bicyclic) bond motifs is 6. The van der Waals surface area contributed by atoms with Gasteiger partial charge in [-0.05, 0) is 182 Å². The quantitative estimate of drug-likeness (QED) is 0.0218. The topological polar surface area (TPSA) is 328 Å². The zero-order valence-electron chi connectivity index (χ0n) is 71.1. The van der Waals surface area contributed by atoms with E-state index in [9.17, 15) is 53.6 Å². The second-order valence-electron chi connectivity index (χ2n) is 33.3. The van der Waals surface area contributed by atoms with E-state index < -0.39 is 10.9 Å². The van der Waals surface area contributed by atoms with Crippen molar-refractivity contribution in [3.63, 3.8) is 0 Å². The minimum Gasteiger partial charge on any atom is -0.478 e. The fourth-order valence-corrected chi connectivity index (χ4v) is 18.0. The number of carboxylic acids is 1. The van der Waals surface area contributed by atoms with E-state index in [1.165, 1.54) is 49.9 Å². The van der Waals surface area contributed by atoms with Gasteiger partial charge in [-0.25, -0.2) is 4.79 Å². The number of non-ortho nitro benzene ring substituents is 1. The molecule has 6 atom stereocenters. The molecule has 6 unspecified atom stereocenters. The zero-order valence-corrected chi connectivity index (χ0v) is 73.1. The first-order valence-electron chi connectivity index (χ1n) is 42.3. The number of carboxylic acid groups (broad SMARTS) is 1. The van der Waals surface area contributed by atoms with Crippen LogP contribution in [0.1, 0.15) is 245 Å². The number of rotatable bonds is 10. The minimum atomic E-state index is -0.833. The summed E-state index contributed by atoms with van der Waals surface area (Å²) in [5, 5.41) is 23.2. The molecule has 6 aliphatic carbocycles. The molecule has 630 valence electrons. The van der Waals surface area contributed by atoms with Crippen molar-refractivity contribution in [2.75, 3.05) is 99.6 Å².